The number of rotatable bonds is 7. The number of hydrogen-bond acceptors (Lipinski definition) is 5. The van der Waals surface area contributed by atoms with Crippen LogP contribution in [0.2, 0.25) is 5.02 Å². The van der Waals surface area contributed by atoms with Crippen LogP contribution >= 0.6 is 22.9 Å². The minimum atomic E-state index is -0.144. The van der Waals surface area contributed by atoms with E-state index in [1.54, 1.807) is 35.6 Å². The molecule has 1 fully saturated rings. The maximum Gasteiger partial charge on any atom is 0.258 e. The molecule has 134 valence electrons. The molecule has 1 aromatic heterocycles. The van der Waals surface area contributed by atoms with Gasteiger partial charge in [-0.05, 0) is 29.6 Å². The highest BCUT2D eigenvalue weighted by Gasteiger charge is 2.23. The Labute approximate surface area is 156 Å². The van der Waals surface area contributed by atoms with Crippen LogP contribution in [0, 0.1) is 0 Å². The molecule has 1 aromatic carbocycles. The first-order chi connectivity index (χ1) is 12.2. The van der Waals surface area contributed by atoms with E-state index in [1.165, 1.54) is 4.88 Å². The third-order valence-corrected chi connectivity index (χ3v) is 5.23. The Balaban J connectivity index is 1.52. The largest absolute Gasteiger partial charge is 0.484 e. The van der Waals surface area contributed by atoms with Crippen LogP contribution in [0.3, 0.4) is 0 Å². The molecule has 1 aliphatic heterocycles. The molecule has 0 aliphatic carbocycles. The van der Waals surface area contributed by atoms with Gasteiger partial charge in [0.25, 0.3) is 5.91 Å². The number of halogens is 1. The summed E-state index contributed by atoms with van der Waals surface area (Å²) in [6.45, 7) is 3.73. The van der Waals surface area contributed by atoms with E-state index in [0.29, 0.717) is 17.3 Å². The fraction of sp³-hybridized carbons (Fsp3) is 0.389. The van der Waals surface area contributed by atoms with Crippen molar-refractivity contribution in [1.82, 2.24) is 10.2 Å². The lowest BCUT2D eigenvalue weighted by Gasteiger charge is -2.34. The van der Waals surface area contributed by atoms with Crippen molar-refractivity contribution in [3.63, 3.8) is 0 Å². The van der Waals surface area contributed by atoms with Gasteiger partial charge in [0.15, 0.2) is 6.61 Å². The SMILES string of the molecule is O=C(COc1cccc(Cl)c1)NC[C@@H](c1cccs1)N1CCOCC1. The van der Waals surface area contributed by atoms with Crippen LogP contribution in [0.5, 0.6) is 5.75 Å². The monoisotopic (exact) mass is 380 g/mol. The molecule has 0 unspecified atom stereocenters. The standard InChI is InChI=1S/C18H21ClN2O3S/c19-14-3-1-4-15(11-14)24-13-18(22)20-12-16(17-5-2-10-25-17)21-6-8-23-9-7-21/h1-5,10-11,16H,6-9,12-13H2,(H,20,22)/t16-/m0/s1. The third kappa shape index (κ3) is 5.44. The first-order valence-corrected chi connectivity index (χ1v) is 9.48. The molecule has 2 heterocycles. The van der Waals surface area contributed by atoms with Gasteiger partial charge in [-0.2, -0.15) is 0 Å². The van der Waals surface area contributed by atoms with E-state index in [0.717, 1.165) is 26.3 Å². The fourth-order valence-electron chi connectivity index (χ4n) is 2.75. The Morgan fingerprint density at radius 1 is 1.32 bits per heavy atom. The summed E-state index contributed by atoms with van der Waals surface area (Å²) in [5.41, 5.74) is 0. The number of ether oxygens (including phenoxy) is 2. The summed E-state index contributed by atoms with van der Waals surface area (Å²) >= 11 is 7.62. The second kappa shape index (κ2) is 9.20. The van der Waals surface area contributed by atoms with Crippen molar-refractivity contribution in [3.05, 3.63) is 51.7 Å². The lowest BCUT2D eigenvalue weighted by atomic mass is 10.2. The van der Waals surface area contributed by atoms with E-state index in [2.05, 4.69) is 21.7 Å². The predicted octanol–water partition coefficient (Wildman–Crippen LogP) is 2.97. The number of benzene rings is 1. The van der Waals surface area contributed by atoms with Gasteiger partial charge in [0.1, 0.15) is 5.75 Å². The van der Waals surface area contributed by atoms with Gasteiger partial charge in [-0.25, -0.2) is 0 Å². The first-order valence-electron chi connectivity index (χ1n) is 8.22. The van der Waals surface area contributed by atoms with Gasteiger partial charge in [0.05, 0.1) is 19.3 Å². The van der Waals surface area contributed by atoms with Gasteiger partial charge in [0, 0.05) is 29.5 Å². The highest BCUT2D eigenvalue weighted by Crippen LogP contribution is 2.25. The lowest BCUT2D eigenvalue weighted by Crippen LogP contribution is -2.44. The smallest absolute Gasteiger partial charge is 0.258 e. The van der Waals surface area contributed by atoms with Crippen LogP contribution in [0.25, 0.3) is 0 Å². The lowest BCUT2D eigenvalue weighted by molar-refractivity contribution is -0.123. The summed E-state index contributed by atoms with van der Waals surface area (Å²) in [5.74, 6) is 0.445. The Morgan fingerprint density at radius 3 is 2.88 bits per heavy atom. The number of hydrogen-bond donors (Lipinski definition) is 1. The second-order valence-corrected chi connectivity index (χ2v) is 7.15. The Morgan fingerprint density at radius 2 is 2.16 bits per heavy atom. The summed E-state index contributed by atoms with van der Waals surface area (Å²) in [7, 11) is 0. The quantitative estimate of drug-likeness (QED) is 0.802. The maximum atomic E-state index is 12.1. The van der Waals surface area contributed by atoms with Gasteiger partial charge in [0.2, 0.25) is 0 Å². The zero-order chi connectivity index (χ0) is 17.5. The zero-order valence-electron chi connectivity index (χ0n) is 13.8. The summed E-state index contributed by atoms with van der Waals surface area (Å²) in [5, 5.41) is 5.63. The van der Waals surface area contributed by atoms with E-state index >= 15 is 0 Å². The molecule has 0 radical (unpaired) electrons. The predicted molar refractivity (Wildman–Crippen MR) is 99.4 cm³/mol. The number of nitrogens with zero attached hydrogens (tertiary/aromatic N) is 1. The molecule has 2 aromatic rings. The molecule has 0 bridgehead atoms. The number of carbonyl (C=O) groups excluding carboxylic acids is 1. The third-order valence-electron chi connectivity index (χ3n) is 4.02. The van der Waals surface area contributed by atoms with E-state index < -0.39 is 0 Å². The molecular formula is C18H21ClN2O3S. The highest BCUT2D eigenvalue weighted by atomic mass is 35.5. The van der Waals surface area contributed by atoms with Crippen LogP contribution in [-0.2, 0) is 9.53 Å². The van der Waals surface area contributed by atoms with Crippen LogP contribution < -0.4 is 10.1 Å². The van der Waals surface area contributed by atoms with Gasteiger partial charge >= 0.3 is 0 Å². The van der Waals surface area contributed by atoms with Crippen LogP contribution in [0.1, 0.15) is 10.9 Å². The molecule has 7 heteroatoms. The second-order valence-electron chi connectivity index (χ2n) is 5.73. The molecule has 3 rings (SSSR count). The molecule has 1 saturated heterocycles. The van der Waals surface area contributed by atoms with Gasteiger partial charge in [-0.1, -0.05) is 23.7 Å². The topological polar surface area (TPSA) is 50.8 Å². The van der Waals surface area contributed by atoms with Crippen molar-refractivity contribution < 1.29 is 14.3 Å². The molecule has 1 amide bonds. The van der Waals surface area contributed by atoms with Crippen molar-refractivity contribution in [2.75, 3.05) is 39.5 Å². The molecule has 0 spiro atoms. The van der Waals surface area contributed by atoms with E-state index in [4.69, 9.17) is 21.1 Å². The molecule has 0 saturated carbocycles. The van der Waals surface area contributed by atoms with Crippen molar-refractivity contribution in [3.8, 4) is 5.75 Å². The molecule has 5 nitrogen and oxygen atoms in total. The van der Waals surface area contributed by atoms with E-state index in [9.17, 15) is 4.79 Å². The zero-order valence-corrected chi connectivity index (χ0v) is 15.4. The van der Waals surface area contributed by atoms with Crippen LogP contribution in [0.15, 0.2) is 41.8 Å². The molecule has 1 aliphatic rings. The molecule has 25 heavy (non-hydrogen) atoms. The summed E-state index contributed by atoms with van der Waals surface area (Å²) in [6, 6.07) is 11.3. The number of amides is 1. The number of morpholine rings is 1. The van der Waals surface area contributed by atoms with Crippen LogP contribution in [0.4, 0.5) is 0 Å². The normalized spacial score (nSPS) is 16.4. The first kappa shape index (κ1) is 18.2. The minimum Gasteiger partial charge on any atom is -0.484 e. The van der Waals surface area contributed by atoms with Crippen molar-refractivity contribution in [1.29, 1.82) is 0 Å². The summed E-state index contributed by atoms with van der Waals surface area (Å²) in [4.78, 5) is 15.8. The van der Waals surface area contributed by atoms with Crippen molar-refractivity contribution >= 4 is 28.8 Å². The Hall–Kier alpha value is -1.60. The molecule has 1 N–H and O–H groups in total. The van der Waals surface area contributed by atoms with Crippen LogP contribution in [-0.4, -0.2) is 50.3 Å². The number of thiophene rings is 1. The van der Waals surface area contributed by atoms with Gasteiger partial charge in [-0.3, -0.25) is 9.69 Å². The van der Waals surface area contributed by atoms with Gasteiger partial charge in [-0.15, -0.1) is 11.3 Å². The summed E-state index contributed by atoms with van der Waals surface area (Å²) in [6.07, 6.45) is 0. The average molecular weight is 381 g/mol. The fourth-order valence-corrected chi connectivity index (χ4v) is 3.79. The minimum absolute atomic E-state index is 0.0272. The highest BCUT2D eigenvalue weighted by molar-refractivity contribution is 7.10. The Bertz CT molecular complexity index is 675. The number of carbonyl (C=O) groups is 1. The molecule has 1 atom stereocenters. The van der Waals surface area contributed by atoms with E-state index in [-0.39, 0.29) is 18.6 Å². The van der Waals surface area contributed by atoms with E-state index in [1.807, 2.05) is 6.07 Å². The average Bonchev–Trinajstić information content (AvgIpc) is 3.15. The maximum absolute atomic E-state index is 12.1. The number of nitrogens with one attached hydrogen (secondary N) is 1. The molecular weight excluding hydrogens is 360 g/mol. The van der Waals surface area contributed by atoms with Gasteiger partial charge < -0.3 is 14.8 Å². The Kier molecular flexibility index (Phi) is 6.69. The van der Waals surface area contributed by atoms with Crippen molar-refractivity contribution in [2.45, 2.75) is 6.04 Å². The van der Waals surface area contributed by atoms with Crippen molar-refractivity contribution in [2.24, 2.45) is 0 Å². The summed E-state index contributed by atoms with van der Waals surface area (Å²) < 4.78 is 10.9.